The van der Waals surface area contributed by atoms with Crippen LogP contribution in [0.1, 0.15) is 11.1 Å². The van der Waals surface area contributed by atoms with Crippen LogP contribution in [0.3, 0.4) is 0 Å². The summed E-state index contributed by atoms with van der Waals surface area (Å²) in [7, 11) is 1.62. The van der Waals surface area contributed by atoms with Crippen LogP contribution in [-0.2, 0) is 11.3 Å². The van der Waals surface area contributed by atoms with Crippen molar-refractivity contribution >= 4 is 33.1 Å². The number of methoxy groups -OCH3 is 1. The van der Waals surface area contributed by atoms with Gasteiger partial charge in [0.05, 0.1) is 19.0 Å². The van der Waals surface area contributed by atoms with Gasteiger partial charge in [0, 0.05) is 16.6 Å². The summed E-state index contributed by atoms with van der Waals surface area (Å²) in [6.45, 7) is 3.85. The van der Waals surface area contributed by atoms with Crippen LogP contribution in [0, 0.1) is 13.8 Å². The van der Waals surface area contributed by atoms with Crippen molar-refractivity contribution in [3.05, 3.63) is 75.7 Å². The molecule has 0 aliphatic carbocycles. The molecule has 2 aromatic heterocycles. The molecular weight excluding hydrogens is 398 g/mol. The number of anilines is 1. The number of fused-ring (bicyclic) bond motifs is 1. The molecule has 1 amide bonds. The molecule has 152 valence electrons. The van der Waals surface area contributed by atoms with E-state index in [0.717, 1.165) is 33.7 Å². The average molecular weight is 420 g/mol. The molecule has 2 aromatic carbocycles. The normalized spacial score (nSPS) is 10.9. The highest BCUT2D eigenvalue weighted by molar-refractivity contribution is 7.17. The number of thiophene rings is 1. The van der Waals surface area contributed by atoms with Crippen molar-refractivity contribution in [3.63, 3.8) is 0 Å². The number of benzene rings is 2. The van der Waals surface area contributed by atoms with Gasteiger partial charge in [-0.15, -0.1) is 11.3 Å². The van der Waals surface area contributed by atoms with E-state index in [0.29, 0.717) is 10.2 Å². The molecule has 6 nitrogen and oxygen atoms in total. The number of hydrogen-bond acceptors (Lipinski definition) is 5. The average Bonchev–Trinajstić information content (AvgIpc) is 3.18. The van der Waals surface area contributed by atoms with Crippen molar-refractivity contribution in [1.82, 2.24) is 9.55 Å². The molecular formula is C23H21N3O3S. The summed E-state index contributed by atoms with van der Waals surface area (Å²) in [4.78, 5) is 29.9. The number of aromatic nitrogens is 2. The summed E-state index contributed by atoms with van der Waals surface area (Å²) in [5, 5.41) is 4.80. The van der Waals surface area contributed by atoms with Crippen molar-refractivity contribution < 1.29 is 9.53 Å². The number of hydrogen-bond donors (Lipinski definition) is 1. The van der Waals surface area contributed by atoms with Gasteiger partial charge in [-0.25, -0.2) is 4.98 Å². The largest absolute Gasteiger partial charge is 0.497 e. The van der Waals surface area contributed by atoms with Gasteiger partial charge in [-0.05, 0) is 48.7 Å². The van der Waals surface area contributed by atoms with Crippen molar-refractivity contribution in [2.45, 2.75) is 20.4 Å². The Morgan fingerprint density at radius 3 is 2.67 bits per heavy atom. The predicted molar refractivity (Wildman–Crippen MR) is 120 cm³/mol. The van der Waals surface area contributed by atoms with Gasteiger partial charge in [0.25, 0.3) is 5.56 Å². The van der Waals surface area contributed by atoms with E-state index < -0.39 is 0 Å². The molecule has 7 heteroatoms. The lowest BCUT2D eigenvalue weighted by molar-refractivity contribution is -0.116. The molecule has 1 N–H and O–H groups in total. The Morgan fingerprint density at radius 1 is 1.17 bits per heavy atom. The van der Waals surface area contributed by atoms with Crippen LogP contribution in [0.25, 0.3) is 21.3 Å². The molecule has 0 spiro atoms. The molecule has 0 radical (unpaired) electrons. The predicted octanol–water partition coefficient (Wildman–Crippen LogP) is 4.39. The molecule has 0 atom stereocenters. The van der Waals surface area contributed by atoms with Crippen molar-refractivity contribution in [2.24, 2.45) is 0 Å². The Kier molecular flexibility index (Phi) is 5.37. The first-order valence-corrected chi connectivity index (χ1v) is 10.3. The Morgan fingerprint density at radius 2 is 1.93 bits per heavy atom. The molecule has 30 heavy (non-hydrogen) atoms. The minimum absolute atomic E-state index is 0.0923. The molecule has 4 rings (SSSR count). The van der Waals surface area contributed by atoms with Crippen LogP contribution in [-0.4, -0.2) is 22.6 Å². The highest BCUT2D eigenvalue weighted by Gasteiger charge is 2.14. The van der Waals surface area contributed by atoms with Crippen LogP contribution in [0.15, 0.2) is 59.0 Å². The number of aryl methyl sites for hydroxylation is 1. The Bertz CT molecular complexity index is 1290. The zero-order valence-corrected chi connectivity index (χ0v) is 17.7. The van der Waals surface area contributed by atoms with E-state index in [1.165, 1.54) is 22.2 Å². The second-order valence-corrected chi connectivity index (χ2v) is 7.91. The van der Waals surface area contributed by atoms with Crippen molar-refractivity contribution in [2.75, 3.05) is 12.4 Å². The third-order valence-corrected chi connectivity index (χ3v) is 6.10. The first kappa shape index (κ1) is 19.8. The Balaban J connectivity index is 1.60. The first-order valence-electron chi connectivity index (χ1n) is 9.45. The lowest BCUT2D eigenvalue weighted by Gasteiger charge is -2.11. The van der Waals surface area contributed by atoms with Gasteiger partial charge in [0.15, 0.2) is 0 Å². The summed E-state index contributed by atoms with van der Waals surface area (Å²) < 4.78 is 7.07. The minimum Gasteiger partial charge on any atom is -0.497 e. The van der Waals surface area contributed by atoms with Crippen LogP contribution >= 0.6 is 11.3 Å². The van der Waals surface area contributed by atoms with E-state index in [-0.39, 0.29) is 18.0 Å². The molecule has 0 aliphatic rings. The second kappa shape index (κ2) is 8.12. The fraction of sp³-hybridized carbons (Fsp3) is 0.174. The highest BCUT2D eigenvalue weighted by atomic mass is 32.1. The van der Waals surface area contributed by atoms with Crippen LogP contribution < -0.4 is 15.6 Å². The fourth-order valence-corrected chi connectivity index (χ4v) is 4.24. The van der Waals surface area contributed by atoms with Gasteiger partial charge in [0.1, 0.15) is 17.0 Å². The highest BCUT2D eigenvalue weighted by Crippen LogP contribution is 2.31. The number of rotatable bonds is 5. The third-order valence-electron chi connectivity index (χ3n) is 5.14. The van der Waals surface area contributed by atoms with Gasteiger partial charge in [-0.2, -0.15) is 0 Å². The Hall–Kier alpha value is -3.45. The lowest BCUT2D eigenvalue weighted by Crippen LogP contribution is -2.27. The standard InChI is InChI=1S/C23H21N3O3S/c1-14-5-4-6-19(15(14)2)25-20(27)11-26-13-24-21-18(12-30-22(21)23(26)28)16-7-9-17(29-3)10-8-16/h4-10,12-13H,11H2,1-3H3,(H,25,27). The summed E-state index contributed by atoms with van der Waals surface area (Å²) in [6, 6.07) is 13.4. The lowest BCUT2D eigenvalue weighted by atomic mass is 10.1. The minimum atomic E-state index is -0.265. The zero-order valence-electron chi connectivity index (χ0n) is 16.9. The van der Waals surface area contributed by atoms with Crippen molar-refractivity contribution in [1.29, 1.82) is 0 Å². The maximum absolute atomic E-state index is 12.9. The number of nitrogens with one attached hydrogen (secondary N) is 1. The van der Waals surface area contributed by atoms with E-state index in [1.807, 2.05) is 61.7 Å². The smallest absolute Gasteiger partial charge is 0.271 e. The summed E-state index contributed by atoms with van der Waals surface area (Å²) in [5.41, 5.74) is 5.12. The van der Waals surface area contributed by atoms with Crippen LogP contribution in [0.4, 0.5) is 5.69 Å². The SMILES string of the molecule is COc1ccc(-c2csc3c(=O)n(CC(=O)Nc4cccc(C)c4C)cnc23)cc1. The van der Waals surface area contributed by atoms with E-state index in [1.54, 1.807) is 7.11 Å². The third kappa shape index (κ3) is 3.71. The number of carbonyl (C=O) groups excluding carboxylic acids is 1. The van der Waals surface area contributed by atoms with Crippen LogP contribution in [0.2, 0.25) is 0 Å². The maximum atomic E-state index is 12.9. The van der Waals surface area contributed by atoms with Gasteiger partial charge in [0.2, 0.25) is 5.91 Å². The number of amides is 1. The molecule has 0 aliphatic heterocycles. The molecule has 2 heterocycles. The quantitative estimate of drug-likeness (QED) is 0.521. The summed E-state index contributed by atoms with van der Waals surface area (Å²) >= 11 is 1.34. The summed E-state index contributed by atoms with van der Waals surface area (Å²) in [6.07, 6.45) is 1.44. The molecule has 0 bridgehead atoms. The number of nitrogens with zero attached hydrogens (tertiary/aromatic N) is 2. The van der Waals surface area contributed by atoms with Gasteiger partial charge >= 0.3 is 0 Å². The molecule has 4 aromatic rings. The van der Waals surface area contributed by atoms with E-state index >= 15 is 0 Å². The Labute approximate surface area is 177 Å². The van der Waals surface area contributed by atoms with E-state index in [4.69, 9.17) is 4.74 Å². The number of carbonyl (C=O) groups is 1. The molecule has 0 fully saturated rings. The van der Waals surface area contributed by atoms with Gasteiger partial charge < -0.3 is 10.1 Å². The van der Waals surface area contributed by atoms with E-state index in [2.05, 4.69) is 10.3 Å². The molecule has 0 saturated heterocycles. The van der Waals surface area contributed by atoms with E-state index in [9.17, 15) is 9.59 Å². The molecule has 0 saturated carbocycles. The van der Waals surface area contributed by atoms with Gasteiger partial charge in [-0.1, -0.05) is 24.3 Å². The first-order chi connectivity index (χ1) is 14.5. The number of ether oxygens (including phenoxy) is 1. The topological polar surface area (TPSA) is 73.2 Å². The second-order valence-electron chi connectivity index (χ2n) is 7.03. The van der Waals surface area contributed by atoms with Gasteiger partial charge in [-0.3, -0.25) is 14.2 Å². The monoisotopic (exact) mass is 419 g/mol. The maximum Gasteiger partial charge on any atom is 0.271 e. The zero-order chi connectivity index (χ0) is 21.3. The van der Waals surface area contributed by atoms with Crippen LogP contribution in [0.5, 0.6) is 5.75 Å². The van der Waals surface area contributed by atoms with Crippen molar-refractivity contribution in [3.8, 4) is 16.9 Å². The molecule has 0 unspecified atom stereocenters. The fourth-order valence-electron chi connectivity index (χ4n) is 3.26. The summed E-state index contributed by atoms with van der Waals surface area (Å²) in [5.74, 6) is 0.502.